The van der Waals surface area contributed by atoms with Gasteiger partial charge in [-0.1, -0.05) is 17.4 Å². The van der Waals surface area contributed by atoms with Crippen LogP contribution >= 0.6 is 11.3 Å². The van der Waals surface area contributed by atoms with Crippen LogP contribution in [-0.4, -0.2) is 39.3 Å². The van der Waals surface area contributed by atoms with Gasteiger partial charge in [-0.3, -0.25) is 10.1 Å². The predicted molar refractivity (Wildman–Crippen MR) is 100 cm³/mol. The number of ether oxygens (including phenoxy) is 4. The number of benzene rings is 2. The van der Waals surface area contributed by atoms with E-state index in [-0.39, 0.29) is 5.91 Å². The van der Waals surface area contributed by atoms with E-state index in [0.717, 1.165) is 4.70 Å². The second kappa shape index (κ2) is 7.49. The van der Waals surface area contributed by atoms with Gasteiger partial charge in [0.15, 0.2) is 28.1 Å². The highest BCUT2D eigenvalue weighted by atomic mass is 32.1. The average molecular weight is 374 g/mol. The van der Waals surface area contributed by atoms with Crippen molar-refractivity contribution < 1.29 is 23.7 Å². The van der Waals surface area contributed by atoms with Crippen molar-refractivity contribution >= 4 is 32.6 Å². The Hall–Kier alpha value is -3.00. The van der Waals surface area contributed by atoms with Crippen LogP contribution < -0.4 is 24.3 Å². The fraction of sp³-hybridized carbons (Fsp3) is 0.222. The van der Waals surface area contributed by atoms with Gasteiger partial charge in [0.1, 0.15) is 0 Å². The van der Waals surface area contributed by atoms with Gasteiger partial charge in [0.25, 0.3) is 5.91 Å². The van der Waals surface area contributed by atoms with Gasteiger partial charge in [-0.15, -0.1) is 0 Å². The number of fused-ring (bicyclic) bond motifs is 1. The number of amides is 1. The van der Waals surface area contributed by atoms with Crippen molar-refractivity contribution in [2.75, 3.05) is 33.8 Å². The molecule has 1 aromatic heterocycles. The number of nitrogens with zero attached hydrogens (tertiary/aromatic N) is 1. The second-order valence-corrected chi connectivity index (χ2v) is 6.22. The lowest BCUT2D eigenvalue weighted by atomic mass is 10.1. The Labute approximate surface area is 154 Å². The largest absolute Gasteiger partial charge is 0.493 e. The van der Waals surface area contributed by atoms with E-state index in [4.69, 9.17) is 18.9 Å². The third-order valence-electron chi connectivity index (χ3n) is 3.76. The number of hydrogen-bond donors (Lipinski definition) is 1. The van der Waals surface area contributed by atoms with E-state index in [9.17, 15) is 4.79 Å². The van der Waals surface area contributed by atoms with E-state index in [1.165, 1.54) is 25.6 Å². The predicted octanol–water partition coefficient (Wildman–Crippen LogP) is 3.58. The third kappa shape index (κ3) is 3.23. The molecule has 0 aliphatic heterocycles. The standard InChI is InChI=1S/C18H18N2O5S/c1-22-12-7-5-6-10(16(12)25-4)17(21)20-18-19-11-8-13(23-2)14(24-3)9-15(11)26-18/h5-9H,1-4H3,(H,19,20,21). The Morgan fingerprint density at radius 1 is 0.962 bits per heavy atom. The summed E-state index contributed by atoms with van der Waals surface area (Å²) in [6.07, 6.45) is 0. The summed E-state index contributed by atoms with van der Waals surface area (Å²) in [6, 6.07) is 8.71. The molecule has 7 nitrogen and oxygen atoms in total. The highest BCUT2D eigenvalue weighted by Crippen LogP contribution is 2.37. The van der Waals surface area contributed by atoms with Crippen LogP contribution in [0.1, 0.15) is 10.4 Å². The zero-order valence-electron chi connectivity index (χ0n) is 14.8. The molecule has 0 radical (unpaired) electrons. The Bertz CT molecular complexity index is 913. The first-order chi connectivity index (χ1) is 12.6. The molecule has 0 unspecified atom stereocenters. The lowest BCUT2D eigenvalue weighted by molar-refractivity contribution is 0.102. The molecule has 0 atom stereocenters. The van der Waals surface area contributed by atoms with E-state index >= 15 is 0 Å². The van der Waals surface area contributed by atoms with Crippen LogP contribution in [0.25, 0.3) is 10.2 Å². The summed E-state index contributed by atoms with van der Waals surface area (Å²) in [4.78, 5) is 17.1. The number of methoxy groups -OCH3 is 4. The van der Waals surface area contributed by atoms with Crippen LogP contribution in [0.15, 0.2) is 30.3 Å². The van der Waals surface area contributed by atoms with Crippen molar-refractivity contribution in [3.8, 4) is 23.0 Å². The van der Waals surface area contributed by atoms with Crippen molar-refractivity contribution in [2.45, 2.75) is 0 Å². The number of para-hydroxylation sites is 1. The first-order valence-corrected chi connectivity index (χ1v) is 8.47. The third-order valence-corrected chi connectivity index (χ3v) is 4.70. The Balaban J connectivity index is 1.93. The monoisotopic (exact) mass is 374 g/mol. The topological polar surface area (TPSA) is 78.9 Å². The number of aromatic nitrogens is 1. The summed E-state index contributed by atoms with van der Waals surface area (Å²) in [7, 11) is 6.15. The number of nitrogens with one attached hydrogen (secondary N) is 1. The molecule has 1 N–H and O–H groups in total. The molecule has 0 saturated carbocycles. The fourth-order valence-electron chi connectivity index (χ4n) is 2.54. The van der Waals surface area contributed by atoms with Gasteiger partial charge in [0.05, 0.1) is 44.2 Å². The molecular formula is C18H18N2O5S. The number of carbonyl (C=O) groups is 1. The van der Waals surface area contributed by atoms with E-state index in [2.05, 4.69) is 10.3 Å². The number of rotatable bonds is 6. The summed E-state index contributed by atoms with van der Waals surface area (Å²) in [6.45, 7) is 0. The van der Waals surface area contributed by atoms with E-state index in [0.29, 0.717) is 39.2 Å². The molecular weight excluding hydrogens is 356 g/mol. The zero-order chi connectivity index (χ0) is 18.7. The molecule has 26 heavy (non-hydrogen) atoms. The van der Waals surface area contributed by atoms with Crippen molar-refractivity contribution in [1.29, 1.82) is 0 Å². The Morgan fingerprint density at radius 3 is 2.31 bits per heavy atom. The summed E-state index contributed by atoms with van der Waals surface area (Å²) in [5.41, 5.74) is 1.07. The molecule has 0 fully saturated rings. The number of thiazole rings is 1. The molecule has 0 aliphatic rings. The average Bonchev–Trinajstić information content (AvgIpc) is 3.06. The van der Waals surface area contributed by atoms with Crippen molar-refractivity contribution in [1.82, 2.24) is 4.98 Å². The van der Waals surface area contributed by atoms with Crippen molar-refractivity contribution in [3.05, 3.63) is 35.9 Å². The summed E-state index contributed by atoms with van der Waals surface area (Å²) in [5.74, 6) is 1.71. The van der Waals surface area contributed by atoms with Gasteiger partial charge in [0, 0.05) is 12.1 Å². The molecule has 136 valence electrons. The highest BCUT2D eigenvalue weighted by molar-refractivity contribution is 7.22. The highest BCUT2D eigenvalue weighted by Gasteiger charge is 2.18. The van der Waals surface area contributed by atoms with E-state index in [1.807, 2.05) is 6.07 Å². The summed E-state index contributed by atoms with van der Waals surface area (Å²) >= 11 is 1.34. The maximum absolute atomic E-state index is 12.7. The molecule has 0 bridgehead atoms. The van der Waals surface area contributed by atoms with Crippen LogP contribution in [0.2, 0.25) is 0 Å². The van der Waals surface area contributed by atoms with Gasteiger partial charge in [0.2, 0.25) is 0 Å². The van der Waals surface area contributed by atoms with Crippen molar-refractivity contribution in [3.63, 3.8) is 0 Å². The van der Waals surface area contributed by atoms with Crippen LogP contribution in [0.3, 0.4) is 0 Å². The molecule has 8 heteroatoms. The lowest BCUT2D eigenvalue weighted by Gasteiger charge is -2.11. The minimum atomic E-state index is -0.335. The minimum Gasteiger partial charge on any atom is -0.493 e. The van der Waals surface area contributed by atoms with Gasteiger partial charge >= 0.3 is 0 Å². The van der Waals surface area contributed by atoms with Gasteiger partial charge in [-0.25, -0.2) is 4.98 Å². The second-order valence-electron chi connectivity index (χ2n) is 5.19. The minimum absolute atomic E-state index is 0.335. The van der Waals surface area contributed by atoms with Crippen molar-refractivity contribution in [2.24, 2.45) is 0 Å². The normalized spacial score (nSPS) is 10.5. The first kappa shape index (κ1) is 17.8. The zero-order valence-corrected chi connectivity index (χ0v) is 15.6. The lowest BCUT2D eigenvalue weighted by Crippen LogP contribution is -2.13. The fourth-order valence-corrected chi connectivity index (χ4v) is 3.41. The van der Waals surface area contributed by atoms with Gasteiger partial charge < -0.3 is 18.9 Å². The Morgan fingerprint density at radius 2 is 1.65 bits per heavy atom. The SMILES string of the molecule is COc1cc2nc(NC(=O)c3cccc(OC)c3OC)sc2cc1OC. The van der Waals surface area contributed by atoms with Gasteiger partial charge in [-0.05, 0) is 12.1 Å². The molecule has 0 spiro atoms. The van der Waals surface area contributed by atoms with Crippen LogP contribution in [0.4, 0.5) is 5.13 Å². The van der Waals surface area contributed by atoms with E-state index < -0.39 is 0 Å². The maximum Gasteiger partial charge on any atom is 0.261 e. The summed E-state index contributed by atoms with van der Waals surface area (Å²) < 4.78 is 22.0. The molecule has 3 aromatic rings. The number of anilines is 1. The first-order valence-electron chi connectivity index (χ1n) is 7.66. The van der Waals surface area contributed by atoms with Crippen LogP contribution in [0, 0.1) is 0 Å². The quantitative estimate of drug-likeness (QED) is 0.710. The summed E-state index contributed by atoms with van der Waals surface area (Å²) in [5, 5.41) is 3.26. The molecule has 3 rings (SSSR count). The number of hydrogen-bond acceptors (Lipinski definition) is 7. The molecule has 2 aromatic carbocycles. The van der Waals surface area contributed by atoms with Crippen LogP contribution in [0.5, 0.6) is 23.0 Å². The van der Waals surface area contributed by atoms with Crippen LogP contribution in [-0.2, 0) is 0 Å². The molecule has 1 amide bonds. The molecule has 1 heterocycles. The molecule has 0 saturated heterocycles. The molecule has 0 aliphatic carbocycles. The number of carbonyl (C=O) groups excluding carboxylic acids is 1. The van der Waals surface area contributed by atoms with Gasteiger partial charge in [-0.2, -0.15) is 0 Å². The maximum atomic E-state index is 12.7. The Kier molecular flexibility index (Phi) is 5.13. The van der Waals surface area contributed by atoms with E-state index in [1.54, 1.807) is 38.5 Å². The smallest absolute Gasteiger partial charge is 0.261 e.